The highest BCUT2D eigenvalue weighted by molar-refractivity contribution is 5.70. The van der Waals surface area contributed by atoms with E-state index in [0.717, 1.165) is 19.3 Å². The van der Waals surface area contributed by atoms with Crippen LogP contribution in [0, 0.1) is 11.8 Å². The minimum atomic E-state index is -4.08. The quantitative estimate of drug-likeness (QED) is 0.839. The molecule has 2 rings (SSSR count). The van der Waals surface area contributed by atoms with Gasteiger partial charge in [-0.2, -0.15) is 13.2 Å². The van der Waals surface area contributed by atoms with E-state index in [1.54, 1.807) is 0 Å². The lowest BCUT2D eigenvalue weighted by Gasteiger charge is -2.35. The van der Waals surface area contributed by atoms with E-state index >= 15 is 0 Å². The highest BCUT2D eigenvalue weighted by atomic mass is 19.4. The van der Waals surface area contributed by atoms with Gasteiger partial charge in [0.15, 0.2) is 0 Å². The molecule has 116 valence electrons. The SMILES string of the molecule is O=C(O)C1CCC(NC2CCCC(C(F)(F)F)C2)CC1. The van der Waals surface area contributed by atoms with Gasteiger partial charge in [0, 0.05) is 12.1 Å². The maximum absolute atomic E-state index is 12.7. The summed E-state index contributed by atoms with van der Waals surface area (Å²) in [6, 6.07) is 0.115. The minimum absolute atomic E-state index is 0.0678. The van der Waals surface area contributed by atoms with Gasteiger partial charge in [-0.15, -0.1) is 0 Å². The first-order valence-electron chi connectivity index (χ1n) is 7.42. The van der Waals surface area contributed by atoms with Crippen LogP contribution in [0.4, 0.5) is 13.2 Å². The number of carboxylic acid groups (broad SMARTS) is 1. The first kappa shape index (κ1) is 15.6. The van der Waals surface area contributed by atoms with Crippen LogP contribution in [0.15, 0.2) is 0 Å². The Hall–Kier alpha value is -0.780. The average molecular weight is 293 g/mol. The number of hydrogen-bond donors (Lipinski definition) is 2. The van der Waals surface area contributed by atoms with E-state index in [2.05, 4.69) is 5.32 Å². The van der Waals surface area contributed by atoms with Gasteiger partial charge in [-0.1, -0.05) is 6.42 Å². The third-order valence-corrected chi connectivity index (χ3v) is 4.68. The number of aliphatic carboxylic acids is 1. The molecule has 2 unspecified atom stereocenters. The molecule has 0 radical (unpaired) electrons. The Labute approximate surface area is 116 Å². The molecule has 0 aromatic rings. The number of halogens is 3. The molecule has 6 heteroatoms. The molecule has 20 heavy (non-hydrogen) atoms. The maximum Gasteiger partial charge on any atom is 0.391 e. The van der Waals surface area contributed by atoms with Crippen molar-refractivity contribution in [1.82, 2.24) is 5.32 Å². The molecule has 2 N–H and O–H groups in total. The predicted molar refractivity (Wildman–Crippen MR) is 68.3 cm³/mol. The Kier molecular flexibility index (Phi) is 4.94. The van der Waals surface area contributed by atoms with E-state index in [1.165, 1.54) is 0 Å². The van der Waals surface area contributed by atoms with Crippen LogP contribution in [0.1, 0.15) is 51.4 Å². The standard InChI is InChI=1S/C14H22F3NO2/c15-14(16,17)10-2-1-3-12(8-10)18-11-6-4-9(5-7-11)13(19)20/h9-12,18H,1-8H2,(H,19,20). The van der Waals surface area contributed by atoms with Crippen LogP contribution in [-0.4, -0.2) is 29.3 Å². The van der Waals surface area contributed by atoms with Crippen molar-refractivity contribution >= 4 is 5.97 Å². The molecule has 2 atom stereocenters. The Bertz CT molecular complexity index is 338. The number of alkyl halides is 3. The van der Waals surface area contributed by atoms with Gasteiger partial charge >= 0.3 is 12.1 Å². The number of carboxylic acids is 1. The highest BCUT2D eigenvalue weighted by Gasteiger charge is 2.42. The van der Waals surface area contributed by atoms with E-state index in [4.69, 9.17) is 5.11 Å². The molecule has 0 aromatic heterocycles. The molecule has 2 aliphatic carbocycles. The van der Waals surface area contributed by atoms with Gasteiger partial charge in [0.2, 0.25) is 0 Å². The summed E-state index contributed by atoms with van der Waals surface area (Å²) >= 11 is 0. The van der Waals surface area contributed by atoms with Gasteiger partial charge < -0.3 is 10.4 Å². The fourth-order valence-corrected chi connectivity index (χ4v) is 3.48. The zero-order valence-corrected chi connectivity index (χ0v) is 11.5. The topological polar surface area (TPSA) is 49.3 Å². The summed E-state index contributed by atoms with van der Waals surface area (Å²) in [6.45, 7) is 0. The molecule has 2 fully saturated rings. The summed E-state index contributed by atoms with van der Waals surface area (Å²) in [5, 5.41) is 12.3. The second-order valence-electron chi connectivity index (χ2n) is 6.16. The summed E-state index contributed by atoms with van der Waals surface area (Å²) in [7, 11) is 0. The van der Waals surface area contributed by atoms with Gasteiger partial charge in [0.25, 0.3) is 0 Å². The summed E-state index contributed by atoms with van der Waals surface area (Å²) in [5.41, 5.74) is 0. The van der Waals surface area contributed by atoms with Crippen molar-refractivity contribution in [1.29, 1.82) is 0 Å². The summed E-state index contributed by atoms with van der Waals surface area (Å²) in [5.74, 6) is -2.20. The lowest BCUT2D eigenvalue weighted by atomic mass is 9.82. The van der Waals surface area contributed by atoms with Crippen LogP contribution in [-0.2, 0) is 4.79 Å². The number of nitrogens with one attached hydrogen (secondary N) is 1. The van der Waals surface area contributed by atoms with E-state index in [-0.39, 0.29) is 30.8 Å². The highest BCUT2D eigenvalue weighted by Crippen LogP contribution is 2.38. The predicted octanol–water partition coefficient (Wildman–Crippen LogP) is 3.34. The molecule has 0 heterocycles. The van der Waals surface area contributed by atoms with E-state index in [0.29, 0.717) is 19.3 Å². The third-order valence-electron chi connectivity index (χ3n) is 4.68. The van der Waals surface area contributed by atoms with E-state index in [9.17, 15) is 18.0 Å². The number of rotatable bonds is 3. The van der Waals surface area contributed by atoms with Crippen LogP contribution in [0.3, 0.4) is 0 Å². The lowest BCUT2D eigenvalue weighted by Crippen LogP contribution is -2.45. The van der Waals surface area contributed by atoms with Crippen LogP contribution in [0.2, 0.25) is 0 Å². The van der Waals surface area contributed by atoms with Crippen molar-refractivity contribution in [2.24, 2.45) is 11.8 Å². The van der Waals surface area contributed by atoms with Crippen LogP contribution >= 0.6 is 0 Å². The van der Waals surface area contributed by atoms with Gasteiger partial charge in [0.1, 0.15) is 0 Å². The number of carbonyl (C=O) groups is 1. The van der Waals surface area contributed by atoms with Crippen LogP contribution < -0.4 is 5.32 Å². The van der Waals surface area contributed by atoms with Crippen molar-refractivity contribution < 1.29 is 23.1 Å². The molecule has 3 nitrogen and oxygen atoms in total. The minimum Gasteiger partial charge on any atom is -0.481 e. The van der Waals surface area contributed by atoms with E-state index in [1.807, 2.05) is 0 Å². The second kappa shape index (κ2) is 6.33. The average Bonchev–Trinajstić information content (AvgIpc) is 2.38. The lowest BCUT2D eigenvalue weighted by molar-refractivity contribution is -0.184. The Balaban J connectivity index is 1.78. The van der Waals surface area contributed by atoms with Gasteiger partial charge in [-0.25, -0.2) is 0 Å². The van der Waals surface area contributed by atoms with Crippen molar-refractivity contribution in [3.05, 3.63) is 0 Å². The summed E-state index contributed by atoms with van der Waals surface area (Å²) < 4.78 is 38.2. The first-order chi connectivity index (χ1) is 9.36. The smallest absolute Gasteiger partial charge is 0.391 e. The molecule has 0 spiro atoms. The van der Waals surface area contributed by atoms with Gasteiger partial charge in [-0.05, 0) is 44.9 Å². The monoisotopic (exact) mass is 293 g/mol. The first-order valence-corrected chi connectivity index (χ1v) is 7.42. The molecule has 0 bridgehead atoms. The molecule has 0 aliphatic heterocycles. The van der Waals surface area contributed by atoms with Gasteiger partial charge in [-0.3, -0.25) is 4.79 Å². The molecule has 2 aliphatic rings. The van der Waals surface area contributed by atoms with Crippen LogP contribution in [0.25, 0.3) is 0 Å². The van der Waals surface area contributed by atoms with Crippen molar-refractivity contribution in [3.8, 4) is 0 Å². The Morgan fingerprint density at radius 2 is 1.65 bits per heavy atom. The molecule has 2 saturated carbocycles. The fraction of sp³-hybridized carbons (Fsp3) is 0.929. The zero-order valence-electron chi connectivity index (χ0n) is 11.5. The van der Waals surface area contributed by atoms with E-state index < -0.39 is 18.1 Å². The molecular formula is C14H22F3NO2. The summed E-state index contributed by atoms with van der Waals surface area (Å²) in [6.07, 6.45) is 0.508. The summed E-state index contributed by atoms with van der Waals surface area (Å²) in [4.78, 5) is 10.9. The largest absolute Gasteiger partial charge is 0.481 e. The van der Waals surface area contributed by atoms with Gasteiger partial charge in [0.05, 0.1) is 11.8 Å². The Morgan fingerprint density at radius 3 is 2.20 bits per heavy atom. The van der Waals surface area contributed by atoms with Crippen molar-refractivity contribution in [3.63, 3.8) is 0 Å². The zero-order chi connectivity index (χ0) is 14.8. The normalized spacial score (nSPS) is 35.8. The molecule has 0 aromatic carbocycles. The number of hydrogen-bond acceptors (Lipinski definition) is 2. The second-order valence-corrected chi connectivity index (χ2v) is 6.16. The fourth-order valence-electron chi connectivity index (χ4n) is 3.48. The molecular weight excluding hydrogens is 271 g/mol. The maximum atomic E-state index is 12.7. The van der Waals surface area contributed by atoms with Crippen molar-refractivity contribution in [2.45, 2.75) is 69.6 Å². The third kappa shape index (κ3) is 4.11. The molecule has 0 amide bonds. The van der Waals surface area contributed by atoms with Crippen molar-refractivity contribution in [2.75, 3.05) is 0 Å². The molecule has 0 saturated heterocycles. The Morgan fingerprint density at radius 1 is 1.00 bits per heavy atom. The van der Waals surface area contributed by atoms with Crippen LogP contribution in [0.5, 0.6) is 0 Å².